The molecule has 0 aliphatic carbocycles. The molecule has 0 bridgehead atoms. The molecule has 2 aromatic carbocycles. The minimum Gasteiger partial charge on any atom is -0.496 e. The van der Waals surface area contributed by atoms with E-state index in [-0.39, 0.29) is 6.04 Å². The molecule has 0 saturated heterocycles. The fraction of sp³-hybridized carbons (Fsp3) is 0.250. The van der Waals surface area contributed by atoms with Gasteiger partial charge in [0.25, 0.3) is 0 Å². The molecule has 1 atom stereocenters. The summed E-state index contributed by atoms with van der Waals surface area (Å²) in [6, 6.07) is 18.4. The fourth-order valence-corrected chi connectivity index (χ4v) is 2.10. The van der Waals surface area contributed by atoms with Gasteiger partial charge in [0.1, 0.15) is 5.75 Å². The zero-order valence-electron chi connectivity index (χ0n) is 10.7. The maximum absolute atomic E-state index is 6.24. The highest BCUT2D eigenvalue weighted by molar-refractivity contribution is 5.35. The van der Waals surface area contributed by atoms with Crippen molar-refractivity contribution in [1.29, 1.82) is 0 Å². The molecule has 0 aliphatic heterocycles. The third kappa shape index (κ3) is 3.11. The molecule has 0 saturated carbocycles. The van der Waals surface area contributed by atoms with Crippen LogP contribution in [0.15, 0.2) is 54.6 Å². The summed E-state index contributed by atoms with van der Waals surface area (Å²) in [4.78, 5) is 0. The van der Waals surface area contributed by atoms with Crippen LogP contribution in [0.3, 0.4) is 0 Å². The van der Waals surface area contributed by atoms with E-state index in [0.717, 1.165) is 24.2 Å². The Morgan fingerprint density at radius 2 is 1.67 bits per heavy atom. The predicted molar refractivity (Wildman–Crippen MR) is 74.7 cm³/mol. The number of methoxy groups -OCH3 is 1. The van der Waals surface area contributed by atoms with Gasteiger partial charge in [-0.1, -0.05) is 48.5 Å². The third-order valence-electron chi connectivity index (χ3n) is 3.13. The van der Waals surface area contributed by atoms with Crippen molar-refractivity contribution in [1.82, 2.24) is 0 Å². The van der Waals surface area contributed by atoms with Crippen LogP contribution in [0.2, 0.25) is 0 Å². The first-order valence-corrected chi connectivity index (χ1v) is 6.23. The van der Waals surface area contributed by atoms with E-state index in [1.54, 1.807) is 7.11 Å². The van der Waals surface area contributed by atoms with Gasteiger partial charge in [-0.15, -0.1) is 0 Å². The largest absolute Gasteiger partial charge is 0.496 e. The summed E-state index contributed by atoms with van der Waals surface area (Å²) in [5.74, 6) is 0.873. The van der Waals surface area contributed by atoms with Crippen LogP contribution in [-0.2, 0) is 6.42 Å². The van der Waals surface area contributed by atoms with Crippen molar-refractivity contribution < 1.29 is 4.74 Å². The molecule has 2 nitrogen and oxygen atoms in total. The minimum atomic E-state index is 0.0151. The zero-order chi connectivity index (χ0) is 12.8. The number of hydrogen-bond donors (Lipinski definition) is 1. The summed E-state index contributed by atoms with van der Waals surface area (Å²) in [5.41, 5.74) is 8.64. The summed E-state index contributed by atoms with van der Waals surface area (Å²) in [7, 11) is 1.68. The second-order valence-electron chi connectivity index (χ2n) is 4.37. The van der Waals surface area contributed by atoms with Gasteiger partial charge in [-0.25, -0.2) is 0 Å². The lowest BCUT2D eigenvalue weighted by Crippen LogP contribution is -2.12. The SMILES string of the molecule is COc1ccccc1C(N)CCc1ccccc1. The van der Waals surface area contributed by atoms with E-state index >= 15 is 0 Å². The maximum atomic E-state index is 6.24. The van der Waals surface area contributed by atoms with Gasteiger partial charge in [-0.05, 0) is 24.5 Å². The summed E-state index contributed by atoms with van der Waals surface area (Å²) >= 11 is 0. The number of ether oxygens (including phenoxy) is 1. The normalized spacial score (nSPS) is 12.1. The number of benzene rings is 2. The maximum Gasteiger partial charge on any atom is 0.123 e. The van der Waals surface area contributed by atoms with Gasteiger partial charge < -0.3 is 10.5 Å². The highest BCUT2D eigenvalue weighted by atomic mass is 16.5. The summed E-state index contributed by atoms with van der Waals surface area (Å²) in [6.07, 6.45) is 1.91. The second-order valence-corrected chi connectivity index (χ2v) is 4.37. The van der Waals surface area contributed by atoms with E-state index in [4.69, 9.17) is 10.5 Å². The van der Waals surface area contributed by atoms with Gasteiger partial charge in [0.2, 0.25) is 0 Å². The predicted octanol–water partition coefficient (Wildman–Crippen LogP) is 3.33. The Bertz CT molecular complexity index is 481. The van der Waals surface area contributed by atoms with E-state index in [2.05, 4.69) is 24.3 Å². The molecule has 0 spiro atoms. The smallest absolute Gasteiger partial charge is 0.123 e. The number of aryl methyl sites for hydroxylation is 1. The second kappa shape index (κ2) is 6.22. The van der Waals surface area contributed by atoms with E-state index in [0.29, 0.717) is 0 Å². The molecule has 0 fully saturated rings. The van der Waals surface area contributed by atoms with Crippen molar-refractivity contribution in [3.05, 3.63) is 65.7 Å². The summed E-state index contributed by atoms with van der Waals surface area (Å²) in [6.45, 7) is 0. The van der Waals surface area contributed by atoms with Crippen LogP contribution < -0.4 is 10.5 Å². The van der Waals surface area contributed by atoms with Crippen LogP contribution in [0.4, 0.5) is 0 Å². The molecule has 0 aromatic heterocycles. The Morgan fingerprint density at radius 1 is 1.00 bits per heavy atom. The Kier molecular flexibility index (Phi) is 4.37. The Balaban J connectivity index is 2.01. The average molecular weight is 241 g/mol. The van der Waals surface area contributed by atoms with Crippen molar-refractivity contribution >= 4 is 0 Å². The molecule has 2 aromatic rings. The molecule has 2 heteroatoms. The van der Waals surface area contributed by atoms with E-state index in [1.165, 1.54) is 5.56 Å². The lowest BCUT2D eigenvalue weighted by Gasteiger charge is -2.15. The van der Waals surface area contributed by atoms with Crippen molar-refractivity contribution in [2.24, 2.45) is 5.73 Å². The highest BCUT2D eigenvalue weighted by Gasteiger charge is 2.10. The number of rotatable bonds is 5. The van der Waals surface area contributed by atoms with Crippen LogP contribution >= 0.6 is 0 Å². The Hall–Kier alpha value is -1.80. The molecule has 94 valence electrons. The Labute approximate surface area is 108 Å². The van der Waals surface area contributed by atoms with Crippen molar-refractivity contribution in [3.63, 3.8) is 0 Å². The molecule has 18 heavy (non-hydrogen) atoms. The van der Waals surface area contributed by atoms with E-state index in [1.807, 2.05) is 30.3 Å². The standard InChI is InChI=1S/C16H19NO/c1-18-16-10-6-5-9-14(16)15(17)12-11-13-7-3-2-4-8-13/h2-10,15H,11-12,17H2,1H3. The molecule has 0 heterocycles. The first-order valence-electron chi connectivity index (χ1n) is 6.23. The van der Waals surface area contributed by atoms with Crippen molar-refractivity contribution in [2.45, 2.75) is 18.9 Å². The van der Waals surface area contributed by atoms with Gasteiger partial charge in [0.05, 0.1) is 7.11 Å². The number of hydrogen-bond acceptors (Lipinski definition) is 2. The van der Waals surface area contributed by atoms with Gasteiger partial charge >= 0.3 is 0 Å². The molecule has 0 amide bonds. The molecule has 2 N–H and O–H groups in total. The van der Waals surface area contributed by atoms with Crippen LogP contribution in [-0.4, -0.2) is 7.11 Å². The average Bonchev–Trinajstić information content (AvgIpc) is 2.45. The van der Waals surface area contributed by atoms with E-state index in [9.17, 15) is 0 Å². The van der Waals surface area contributed by atoms with Crippen molar-refractivity contribution in [3.8, 4) is 5.75 Å². The molecule has 0 radical (unpaired) electrons. The van der Waals surface area contributed by atoms with Crippen LogP contribution in [0.5, 0.6) is 5.75 Å². The lowest BCUT2D eigenvalue weighted by molar-refractivity contribution is 0.404. The molecule has 0 aliphatic rings. The van der Waals surface area contributed by atoms with Gasteiger partial charge in [-0.2, -0.15) is 0 Å². The first kappa shape index (κ1) is 12.7. The van der Waals surface area contributed by atoms with Crippen LogP contribution in [0, 0.1) is 0 Å². The monoisotopic (exact) mass is 241 g/mol. The van der Waals surface area contributed by atoms with E-state index < -0.39 is 0 Å². The lowest BCUT2D eigenvalue weighted by atomic mass is 9.99. The first-order chi connectivity index (χ1) is 8.81. The summed E-state index contributed by atoms with van der Waals surface area (Å²) < 4.78 is 5.34. The Morgan fingerprint density at radius 3 is 2.39 bits per heavy atom. The highest BCUT2D eigenvalue weighted by Crippen LogP contribution is 2.26. The summed E-state index contributed by atoms with van der Waals surface area (Å²) in [5, 5.41) is 0. The zero-order valence-corrected chi connectivity index (χ0v) is 10.7. The third-order valence-corrected chi connectivity index (χ3v) is 3.13. The van der Waals surface area contributed by atoms with Crippen LogP contribution in [0.25, 0.3) is 0 Å². The van der Waals surface area contributed by atoms with Gasteiger partial charge in [0.15, 0.2) is 0 Å². The molecular formula is C16H19NO. The molecular weight excluding hydrogens is 222 g/mol. The van der Waals surface area contributed by atoms with Gasteiger partial charge in [-0.3, -0.25) is 0 Å². The van der Waals surface area contributed by atoms with Crippen LogP contribution in [0.1, 0.15) is 23.6 Å². The number of nitrogens with two attached hydrogens (primary N) is 1. The molecule has 2 rings (SSSR count). The van der Waals surface area contributed by atoms with Crippen molar-refractivity contribution in [2.75, 3.05) is 7.11 Å². The topological polar surface area (TPSA) is 35.2 Å². The quantitative estimate of drug-likeness (QED) is 0.871. The van der Waals surface area contributed by atoms with Gasteiger partial charge in [0, 0.05) is 11.6 Å². The molecule has 1 unspecified atom stereocenters. The minimum absolute atomic E-state index is 0.0151. The number of para-hydroxylation sites is 1. The fourth-order valence-electron chi connectivity index (χ4n) is 2.10.